The van der Waals surface area contributed by atoms with E-state index in [0.29, 0.717) is 23.8 Å². The summed E-state index contributed by atoms with van der Waals surface area (Å²) in [6, 6.07) is 8.99. The molecule has 2 aromatic rings. The van der Waals surface area contributed by atoms with Crippen molar-refractivity contribution in [1.29, 1.82) is 0 Å². The van der Waals surface area contributed by atoms with Crippen LogP contribution in [0.2, 0.25) is 0 Å². The van der Waals surface area contributed by atoms with Crippen LogP contribution < -0.4 is 5.32 Å². The molecule has 1 aromatic heterocycles. The molecule has 0 spiro atoms. The second-order valence-electron chi connectivity index (χ2n) is 8.81. The molecule has 6 heteroatoms. The highest BCUT2D eigenvalue weighted by molar-refractivity contribution is 5.70. The standard InChI is InChI=1S/C23H30N4O2/c1-15-11-22(24-18-3-2-9-27(13-18)19-8-10-29-14-19)25-26-23(15)20-7-6-17(12-21(20)28)16-4-5-16/h6-7,11-12,16,18-19,28H,2-5,8-10,13-14H2,1H3,(H,24,25)/t18-,19+/m0/s1. The Labute approximate surface area is 172 Å². The van der Waals surface area contributed by atoms with E-state index in [1.807, 2.05) is 25.1 Å². The molecule has 2 N–H and O–H groups in total. The Bertz CT molecular complexity index is 877. The van der Waals surface area contributed by atoms with Crippen LogP contribution in [0.15, 0.2) is 24.3 Å². The summed E-state index contributed by atoms with van der Waals surface area (Å²) < 4.78 is 5.56. The molecule has 5 rings (SSSR count). The quantitative estimate of drug-likeness (QED) is 0.806. The summed E-state index contributed by atoms with van der Waals surface area (Å²) in [5, 5.41) is 23.0. The molecule has 3 aliphatic rings. The van der Waals surface area contributed by atoms with Crippen LogP contribution in [-0.2, 0) is 4.74 Å². The van der Waals surface area contributed by atoms with Crippen LogP contribution in [0, 0.1) is 6.92 Å². The van der Waals surface area contributed by atoms with Crippen molar-refractivity contribution in [2.24, 2.45) is 0 Å². The van der Waals surface area contributed by atoms with Crippen molar-refractivity contribution >= 4 is 5.82 Å². The number of aromatic nitrogens is 2. The smallest absolute Gasteiger partial charge is 0.149 e. The van der Waals surface area contributed by atoms with Crippen molar-refractivity contribution in [2.75, 3.05) is 31.6 Å². The number of hydrogen-bond donors (Lipinski definition) is 2. The largest absolute Gasteiger partial charge is 0.507 e. The SMILES string of the molecule is Cc1cc(N[C@H]2CCCN([C@@H]3CCOC3)C2)nnc1-c1ccc(C2CC2)cc1O. The highest BCUT2D eigenvalue weighted by Crippen LogP contribution is 2.43. The summed E-state index contributed by atoms with van der Waals surface area (Å²) in [4.78, 5) is 2.56. The van der Waals surface area contributed by atoms with Crippen LogP contribution in [-0.4, -0.2) is 58.6 Å². The molecule has 29 heavy (non-hydrogen) atoms. The fraction of sp³-hybridized carbons (Fsp3) is 0.565. The summed E-state index contributed by atoms with van der Waals surface area (Å²) in [6.45, 7) is 5.97. The first-order chi connectivity index (χ1) is 14.2. The van der Waals surface area contributed by atoms with E-state index in [1.165, 1.54) is 24.8 Å². The lowest BCUT2D eigenvalue weighted by molar-refractivity contribution is 0.123. The predicted molar refractivity (Wildman–Crippen MR) is 113 cm³/mol. The second kappa shape index (κ2) is 7.92. The van der Waals surface area contributed by atoms with Gasteiger partial charge in [0.2, 0.25) is 0 Å². The van der Waals surface area contributed by atoms with Gasteiger partial charge in [-0.2, -0.15) is 0 Å². The molecule has 6 nitrogen and oxygen atoms in total. The van der Waals surface area contributed by atoms with Crippen molar-refractivity contribution < 1.29 is 9.84 Å². The minimum absolute atomic E-state index is 0.300. The summed E-state index contributed by atoms with van der Waals surface area (Å²) >= 11 is 0. The first-order valence-corrected chi connectivity index (χ1v) is 10.9. The van der Waals surface area contributed by atoms with Gasteiger partial charge in [0.1, 0.15) is 11.6 Å². The molecule has 0 bridgehead atoms. The number of anilines is 1. The van der Waals surface area contributed by atoms with E-state index in [2.05, 4.69) is 26.5 Å². The molecule has 1 saturated carbocycles. The van der Waals surface area contributed by atoms with Crippen molar-refractivity contribution in [3.05, 3.63) is 35.4 Å². The van der Waals surface area contributed by atoms with Gasteiger partial charge in [0.15, 0.2) is 0 Å². The van der Waals surface area contributed by atoms with E-state index in [4.69, 9.17) is 4.74 Å². The highest BCUT2D eigenvalue weighted by atomic mass is 16.5. The van der Waals surface area contributed by atoms with Crippen LogP contribution in [0.5, 0.6) is 5.75 Å². The molecular formula is C23H30N4O2. The van der Waals surface area contributed by atoms with Crippen LogP contribution in [0.3, 0.4) is 0 Å². The van der Waals surface area contributed by atoms with Gasteiger partial charge >= 0.3 is 0 Å². The number of aryl methyl sites for hydroxylation is 1. The fourth-order valence-corrected chi connectivity index (χ4v) is 4.72. The average Bonchev–Trinajstić information content (AvgIpc) is 3.43. The Morgan fingerprint density at radius 1 is 1.14 bits per heavy atom. The van der Waals surface area contributed by atoms with E-state index >= 15 is 0 Å². The lowest BCUT2D eigenvalue weighted by Crippen LogP contribution is -2.47. The van der Waals surface area contributed by atoms with Crippen molar-refractivity contribution in [3.8, 4) is 17.0 Å². The zero-order valence-corrected chi connectivity index (χ0v) is 17.1. The van der Waals surface area contributed by atoms with Gasteiger partial charge in [0, 0.05) is 30.8 Å². The topological polar surface area (TPSA) is 70.5 Å². The molecular weight excluding hydrogens is 364 g/mol. The normalized spacial score (nSPS) is 25.3. The number of piperidine rings is 1. The van der Waals surface area contributed by atoms with Gasteiger partial charge in [0.05, 0.1) is 12.3 Å². The second-order valence-corrected chi connectivity index (χ2v) is 8.81. The van der Waals surface area contributed by atoms with Crippen molar-refractivity contribution in [1.82, 2.24) is 15.1 Å². The highest BCUT2D eigenvalue weighted by Gasteiger charge is 2.29. The minimum Gasteiger partial charge on any atom is -0.507 e. The Morgan fingerprint density at radius 3 is 2.76 bits per heavy atom. The van der Waals surface area contributed by atoms with Gasteiger partial charge in [-0.05, 0) is 80.8 Å². The number of phenols is 1. The Morgan fingerprint density at radius 2 is 2.03 bits per heavy atom. The van der Waals surface area contributed by atoms with E-state index in [0.717, 1.165) is 61.8 Å². The van der Waals surface area contributed by atoms with Gasteiger partial charge in [-0.25, -0.2) is 0 Å². The first-order valence-electron chi connectivity index (χ1n) is 10.9. The van der Waals surface area contributed by atoms with Crippen LogP contribution in [0.1, 0.15) is 49.1 Å². The fourth-order valence-electron chi connectivity index (χ4n) is 4.72. The van der Waals surface area contributed by atoms with Gasteiger partial charge in [-0.3, -0.25) is 4.90 Å². The van der Waals surface area contributed by atoms with E-state index in [9.17, 15) is 5.11 Å². The number of aromatic hydroxyl groups is 1. The molecule has 1 aliphatic carbocycles. The number of rotatable bonds is 5. The minimum atomic E-state index is 0.300. The molecule has 1 aromatic carbocycles. The van der Waals surface area contributed by atoms with Crippen LogP contribution in [0.25, 0.3) is 11.3 Å². The molecule has 3 heterocycles. The molecule has 0 radical (unpaired) electrons. The molecule has 154 valence electrons. The molecule has 0 unspecified atom stereocenters. The van der Waals surface area contributed by atoms with Gasteiger partial charge in [0.25, 0.3) is 0 Å². The van der Waals surface area contributed by atoms with Crippen LogP contribution >= 0.6 is 0 Å². The number of hydrogen-bond acceptors (Lipinski definition) is 6. The summed E-state index contributed by atoms with van der Waals surface area (Å²) in [7, 11) is 0. The summed E-state index contributed by atoms with van der Waals surface area (Å²) in [5.41, 5.74) is 3.76. The third-order valence-corrected chi connectivity index (χ3v) is 6.54. The maximum absolute atomic E-state index is 10.5. The molecule has 3 fully saturated rings. The molecule has 0 amide bonds. The molecule has 2 aliphatic heterocycles. The molecule has 2 atom stereocenters. The average molecular weight is 395 g/mol. The Hall–Kier alpha value is -2.18. The van der Waals surface area contributed by atoms with E-state index in [-0.39, 0.29) is 0 Å². The third-order valence-electron chi connectivity index (χ3n) is 6.54. The summed E-state index contributed by atoms with van der Waals surface area (Å²) in [6.07, 6.45) is 5.94. The number of likely N-dealkylation sites (tertiary alicyclic amines) is 1. The zero-order valence-electron chi connectivity index (χ0n) is 17.1. The first kappa shape index (κ1) is 18.8. The number of ether oxygens (including phenoxy) is 1. The molecule has 2 saturated heterocycles. The van der Waals surface area contributed by atoms with Crippen molar-refractivity contribution in [3.63, 3.8) is 0 Å². The predicted octanol–water partition coefficient (Wildman–Crippen LogP) is 3.70. The van der Waals surface area contributed by atoms with Gasteiger partial charge in [-0.15, -0.1) is 10.2 Å². The van der Waals surface area contributed by atoms with Gasteiger partial charge in [-0.1, -0.05) is 6.07 Å². The van der Waals surface area contributed by atoms with Crippen molar-refractivity contribution in [2.45, 2.75) is 57.0 Å². The Kier molecular flexibility index (Phi) is 5.14. The maximum atomic E-state index is 10.5. The number of nitrogens with zero attached hydrogens (tertiary/aromatic N) is 3. The maximum Gasteiger partial charge on any atom is 0.149 e. The van der Waals surface area contributed by atoms with E-state index in [1.54, 1.807) is 0 Å². The lowest BCUT2D eigenvalue weighted by Gasteiger charge is -2.36. The van der Waals surface area contributed by atoms with Gasteiger partial charge < -0.3 is 15.2 Å². The number of phenolic OH excluding ortho intramolecular Hbond substituents is 1. The Balaban J connectivity index is 1.28. The zero-order chi connectivity index (χ0) is 19.8. The number of nitrogens with one attached hydrogen (secondary N) is 1. The lowest BCUT2D eigenvalue weighted by atomic mass is 10.0. The summed E-state index contributed by atoms with van der Waals surface area (Å²) in [5.74, 6) is 1.74. The van der Waals surface area contributed by atoms with E-state index < -0.39 is 0 Å². The number of benzene rings is 1. The van der Waals surface area contributed by atoms with Crippen LogP contribution in [0.4, 0.5) is 5.82 Å². The monoisotopic (exact) mass is 394 g/mol. The third kappa shape index (κ3) is 4.09.